The molecule has 0 aromatic heterocycles. The van der Waals surface area contributed by atoms with E-state index in [1.165, 1.54) is 21.6 Å². The molecule has 2 aromatic rings. The normalized spacial score (nSPS) is 21.9. The van der Waals surface area contributed by atoms with Gasteiger partial charge in [-0.2, -0.15) is 0 Å². The van der Waals surface area contributed by atoms with Crippen molar-refractivity contribution < 1.29 is 9.90 Å². The molecule has 2 atom stereocenters. The third-order valence-electron chi connectivity index (χ3n) is 4.92. The van der Waals surface area contributed by atoms with Crippen LogP contribution in [0, 0.1) is 18.3 Å². The van der Waals surface area contributed by atoms with Crippen LogP contribution in [0.1, 0.15) is 36.5 Å². The molecule has 0 heterocycles. The number of aryl methyl sites for hydroxylation is 1. The summed E-state index contributed by atoms with van der Waals surface area (Å²) in [6, 6.07) is 16.9. The molecule has 0 saturated heterocycles. The number of aliphatic carboxylic acids is 1. The smallest absolute Gasteiger partial charge is 0.307 e. The van der Waals surface area contributed by atoms with Gasteiger partial charge >= 0.3 is 5.97 Å². The zero-order valence-corrected chi connectivity index (χ0v) is 14.6. The van der Waals surface area contributed by atoms with Gasteiger partial charge in [0.2, 0.25) is 0 Å². The molecule has 0 unspecified atom stereocenters. The Balaban J connectivity index is 1.73. The highest BCUT2D eigenvalue weighted by atomic mass is 32.2. The Bertz CT molecular complexity index is 722. The highest BCUT2D eigenvalue weighted by molar-refractivity contribution is 7.98. The lowest BCUT2D eigenvalue weighted by atomic mass is 9.99. The summed E-state index contributed by atoms with van der Waals surface area (Å²) in [5, 5.41) is 9.37. The minimum absolute atomic E-state index is 0.133. The lowest BCUT2D eigenvalue weighted by molar-refractivity contribution is -0.139. The van der Waals surface area contributed by atoms with Crippen molar-refractivity contribution in [1.29, 1.82) is 0 Å². The van der Waals surface area contributed by atoms with Gasteiger partial charge in [-0.15, -0.1) is 11.8 Å². The van der Waals surface area contributed by atoms with E-state index < -0.39 is 5.97 Å². The Labute approximate surface area is 141 Å². The zero-order chi connectivity index (χ0) is 16.6. The number of rotatable bonds is 5. The van der Waals surface area contributed by atoms with E-state index >= 15 is 0 Å². The first kappa shape index (κ1) is 16.1. The van der Waals surface area contributed by atoms with Gasteiger partial charge in [-0.05, 0) is 41.2 Å². The molecule has 0 aliphatic heterocycles. The van der Waals surface area contributed by atoms with E-state index in [-0.39, 0.29) is 17.3 Å². The molecule has 0 amide bonds. The highest BCUT2D eigenvalue weighted by Gasteiger charge is 2.62. The Kier molecular flexibility index (Phi) is 4.24. The third-order valence-corrected chi connectivity index (χ3v) is 5.98. The quantitative estimate of drug-likeness (QED) is 0.776. The van der Waals surface area contributed by atoms with Gasteiger partial charge in [-0.25, -0.2) is 0 Å². The molecule has 120 valence electrons. The molecule has 1 saturated carbocycles. The fourth-order valence-electron chi connectivity index (χ4n) is 3.51. The average Bonchev–Trinajstić information content (AvgIpc) is 3.09. The SMILES string of the molecule is Cc1cc(SCc2ccccc2)ccc1[C@H]1[C@H](C(=O)O)C1(C)C. The summed E-state index contributed by atoms with van der Waals surface area (Å²) in [4.78, 5) is 12.6. The average molecular weight is 326 g/mol. The van der Waals surface area contributed by atoms with Crippen LogP contribution in [0.15, 0.2) is 53.4 Å². The topological polar surface area (TPSA) is 37.3 Å². The molecule has 1 N–H and O–H groups in total. The van der Waals surface area contributed by atoms with Gasteiger partial charge in [0.1, 0.15) is 0 Å². The second-order valence-electron chi connectivity index (χ2n) is 6.91. The number of carbonyl (C=O) groups is 1. The molecule has 23 heavy (non-hydrogen) atoms. The van der Waals surface area contributed by atoms with Crippen molar-refractivity contribution in [2.75, 3.05) is 0 Å². The van der Waals surface area contributed by atoms with Crippen LogP contribution in [-0.4, -0.2) is 11.1 Å². The summed E-state index contributed by atoms with van der Waals surface area (Å²) in [6.07, 6.45) is 0. The number of benzene rings is 2. The molecule has 3 rings (SSSR count). The van der Waals surface area contributed by atoms with Crippen molar-refractivity contribution in [2.24, 2.45) is 11.3 Å². The molecule has 0 bridgehead atoms. The van der Waals surface area contributed by atoms with E-state index in [9.17, 15) is 9.90 Å². The van der Waals surface area contributed by atoms with E-state index in [2.05, 4.69) is 49.4 Å². The summed E-state index contributed by atoms with van der Waals surface area (Å²) < 4.78 is 0. The maximum absolute atomic E-state index is 11.4. The monoisotopic (exact) mass is 326 g/mol. The summed E-state index contributed by atoms with van der Waals surface area (Å²) in [5.41, 5.74) is 3.56. The Hall–Kier alpha value is -1.74. The zero-order valence-electron chi connectivity index (χ0n) is 13.7. The Morgan fingerprint density at radius 1 is 1.17 bits per heavy atom. The van der Waals surface area contributed by atoms with Gasteiger partial charge in [0, 0.05) is 16.6 Å². The van der Waals surface area contributed by atoms with Crippen molar-refractivity contribution >= 4 is 17.7 Å². The van der Waals surface area contributed by atoms with Gasteiger partial charge in [-0.3, -0.25) is 4.79 Å². The van der Waals surface area contributed by atoms with Crippen LogP contribution in [0.5, 0.6) is 0 Å². The molecule has 1 aliphatic carbocycles. The molecule has 3 heteroatoms. The third kappa shape index (κ3) is 3.16. The largest absolute Gasteiger partial charge is 0.481 e. The molecule has 0 spiro atoms. The second kappa shape index (κ2) is 6.04. The summed E-state index contributed by atoms with van der Waals surface area (Å²) in [7, 11) is 0. The lowest BCUT2D eigenvalue weighted by Crippen LogP contribution is -2.03. The summed E-state index contributed by atoms with van der Waals surface area (Å²) in [5.74, 6) is 0.144. The first-order valence-corrected chi connectivity index (χ1v) is 8.90. The highest BCUT2D eigenvalue weighted by Crippen LogP contribution is 2.65. The molecule has 2 nitrogen and oxygen atoms in total. The van der Waals surface area contributed by atoms with Gasteiger partial charge in [0.25, 0.3) is 0 Å². The van der Waals surface area contributed by atoms with Gasteiger partial charge in [-0.1, -0.05) is 50.2 Å². The second-order valence-corrected chi connectivity index (χ2v) is 7.96. The number of hydrogen-bond acceptors (Lipinski definition) is 2. The van der Waals surface area contributed by atoms with Crippen molar-refractivity contribution in [3.05, 3.63) is 65.2 Å². The first-order valence-electron chi connectivity index (χ1n) is 7.91. The van der Waals surface area contributed by atoms with Crippen LogP contribution in [-0.2, 0) is 10.5 Å². The Morgan fingerprint density at radius 2 is 1.87 bits per heavy atom. The molecule has 0 radical (unpaired) electrons. The van der Waals surface area contributed by atoms with E-state index in [0.29, 0.717) is 0 Å². The minimum atomic E-state index is -0.679. The standard InChI is InChI=1S/C20H22O2S/c1-13-11-15(23-12-14-7-5-4-6-8-14)9-10-16(13)17-18(19(21)22)20(17,2)3/h4-11,17-18H,12H2,1-3H3,(H,21,22)/t17-,18+/m0/s1. The predicted octanol–water partition coefficient (Wildman–Crippen LogP) is 5.11. The lowest BCUT2D eigenvalue weighted by Gasteiger charge is -2.10. The van der Waals surface area contributed by atoms with E-state index in [1.807, 2.05) is 31.7 Å². The van der Waals surface area contributed by atoms with E-state index in [1.54, 1.807) is 0 Å². The van der Waals surface area contributed by atoms with Crippen molar-refractivity contribution in [2.45, 2.75) is 37.3 Å². The number of thioether (sulfide) groups is 1. The molecule has 1 aliphatic rings. The van der Waals surface area contributed by atoms with Crippen molar-refractivity contribution in [1.82, 2.24) is 0 Å². The number of hydrogen-bond donors (Lipinski definition) is 1. The fourth-order valence-corrected chi connectivity index (χ4v) is 4.46. The molecule has 2 aromatic carbocycles. The number of carboxylic acids is 1. The summed E-state index contributed by atoms with van der Waals surface area (Å²) in [6.45, 7) is 6.19. The Morgan fingerprint density at radius 3 is 2.43 bits per heavy atom. The van der Waals surface area contributed by atoms with E-state index in [4.69, 9.17) is 0 Å². The molecular formula is C20H22O2S. The van der Waals surface area contributed by atoms with Crippen molar-refractivity contribution in [3.63, 3.8) is 0 Å². The maximum Gasteiger partial charge on any atom is 0.307 e. The maximum atomic E-state index is 11.4. The number of carboxylic acid groups (broad SMARTS) is 1. The predicted molar refractivity (Wildman–Crippen MR) is 94.8 cm³/mol. The fraction of sp³-hybridized carbons (Fsp3) is 0.350. The molecule has 1 fully saturated rings. The van der Waals surface area contributed by atoms with Crippen LogP contribution in [0.3, 0.4) is 0 Å². The van der Waals surface area contributed by atoms with Gasteiger partial charge < -0.3 is 5.11 Å². The first-order chi connectivity index (χ1) is 10.9. The van der Waals surface area contributed by atoms with Crippen LogP contribution < -0.4 is 0 Å². The van der Waals surface area contributed by atoms with Crippen LogP contribution in [0.4, 0.5) is 0 Å². The van der Waals surface area contributed by atoms with Crippen LogP contribution >= 0.6 is 11.8 Å². The van der Waals surface area contributed by atoms with Crippen LogP contribution in [0.25, 0.3) is 0 Å². The summed E-state index contributed by atoms with van der Waals surface area (Å²) >= 11 is 1.82. The minimum Gasteiger partial charge on any atom is -0.481 e. The van der Waals surface area contributed by atoms with E-state index in [0.717, 1.165) is 5.75 Å². The van der Waals surface area contributed by atoms with Gasteiger partial charge in [0.05, 0.1) is 5.92 Å². The molecular weight excluding hydrogens is 304 g/mol. The van der Waals surface area contributed by atoms with Crippen LogP contribution in [0.2, 0.25) is 0 Å². The van der Waals surface area contributed by atoms with Crippen molar-refractivity contribution in [3.8, 4) is 0 Å². The van der Waals surface area contributed by atoms with Gasteiger partial charge in [0.15, 0.2) is 0 Å².